The summed E-state index contributed by atoms with van der Waals surface area (Å²) in [5, 5.41) is 19.9. The summed E-state index contributed by atoms with van der Waals surface area (Å²) in [5.41, 5.74) is 1.00. The van der Waals surface area contributed by atoms with Crippen LogP contribution >= 0.6 is 0 Å². The highest BCUT2D eigenvalue weighted by Gasteiger charge is 2.36. The zero-order valence-corrected chi connectivity index (χ0v) is 20.1. The van der Waals surface area contributed by atoms with Crippen LogP contribution in [0.2, 0.25) is 0 Å². The third-order valence-electron chi connectivity index (χ3n) is 4.77. The quantitative estimate of drug-likeness (QED) is 0.246. The van der Waals surface area contributed by atoms with Crippen molar-refractivity contribution in [2.75, 3.05) is 35.5 Å². The maximum absolute atomic E-state index is 12.3. The number of methoxy groups -OCH3 is 5. The lowest BCUT2D eigenvalue weighted by Gasteiger charge is -2.29. The third kappa shape index (κ3) is 7.06. The summed E-state index contributed by atoms with van der Waals surface area (Å²) in [7, 11) is 6.61. The van der Waals surface area contributed by atoms with Gasteiger partial charge in [-0.3, -0.25) is 23.8 Å². The topological polar surface area (TPSA) is 130 Å². The molecule has 0 atom stereocenters. The van der Waals surface area contributed by atoms with Gasteiger partial charge in [0.2, 0.25) is 5.75 Å². The van der Waals surface area contributed by atoms with Gasteiger partial charge < -0.3 is 24.4 Å². The monoisotopic (exact) mass is 488 g/mol. The van der Waals surface area contributed by atoms with Crippen molar-refractivity contribution in [3.63, 3.8) is 0 Å². The van der Waals surface area contributed by atoms with E-state index in [0.29, 0.717) is 11.1 Å². The van der Waals surface area contributed by atoms with E-state index in [0.717, 1.165) is 0 Å². The van der Waals surface area contributed by atoms with Gasteiger partial charge in [-0.2, -0.15) is 0 Å². The standard InChI is InChI=1S/C25H28O10/c1-30-22-14-16(7-12-20(22)28)6-10-18(26)15-19(27)11-8-17-9-13-21(29)24(23(17)31-2)35-25(32-3,33-4)34-5/h6-14,28-29H,15H2,1-5H3/b10-6+,11-8+. The summed E-state index contributed by atoms with van der Waals surface area (Å²) < 4.78 is 31.2. The third-order valence-corrected chi connectivity index (χ3v) is 4.77. The Balaban J connectivity index is 2.15. The number of hydrogen-bond acceptors (Lipinski definition) is 10. The Bertz CT molecular complexity index is 1090. The van der Waals surface area contributed by atoms with Gasteiger partial charge in [0.1, 0.15) is 0 Å². The molecule has 10 heteroatoms. The molecule has 0 amide bonds. The molecule has 2 aromatic rings. The molecule has 0 aromatic heterocycles. The molecule has 188 valence electrons. The zero-order chi connectivity index (χ0) is 26.0. The first kappa shape index (κ1) is 27.4. The van der Waals surface area contributed by atoms with Gasteiger partial charge in [0.25, 0.3) is 0 Å². The number of carbonyl (C=O) groups excluding carboxylic acids is 2. The van der Waals surface area contributed by atoms with Gasteiger partial charge in [-0.05, 0) is 48.1 Å². The first-order chi connectivity index (χ1) is 16.7. The normalized spacial score (nSPS) is 11.7. The van der Waals surface area contributed by atoms with Gasteiger partial charge in [0.15, 0.2) is 34.6 Å². The van der Waals surface area contributed by atoms with Crippen LogP contribution in [0, 0.1) is 0 Å². The van der Waals surface area contributed by atoms with E-state index in [2.05, 4.69) is 0 Å². The fourth-order valence-electron chi connectivity index (χ4n) is 2.97. The van der Waals surface area contributed by atoms with E-state index in [9.17, 15) is 19.8 Å². The Labute approximate surface area is 202 Å². The van der Waals surface area contributed by atoms with E-state index in [1.807, 2.05) is 0 Å². The van der Waals surface area contributed by atoms with Gasteiger partial charge >= 0.3 is 6.16 Å². The van der Waals surface area contributed by atoms with Gasteiger partial charge in [-0.15, -0.1) is 0 Å². The summed E-state index contributed by atoms with van der Waals surface area (Å²) >= 11 is 0. The van der Waals surface area contributed by atoms with Crippen LogP contribution < -0.4 is 14.2 Å². The lowest BCUT2D eigenvalue weighted by Crippen LogP contribution is -2.42. The van der Waals surface area contributed by atoms with Crippen LogP contribution in [0.4, 0.5) is 0 Å². The first-order valence-corrected chi connectivity index (χ1v) is 10.3. The molecule has 0 heterocycles. The summed E-state index contributed by atoms with van der Waals surface area (Å²) in [6.45, 7) is 0. The predicted octanol–water partition coefficient (Wildman–Crippen LogP) is 3.30. The highest BCUT2D eigenvalue weighted by atomic mass is 17.0. The molecule has 2 aromatic carbocycles. The number of allylic oxidation sites excluding steroid dienone is 2. The molecule has 10 nitrogen and oxygen atoms in total. The van der Waals surface area contributed by atoms with Crippen LogP contribution in [0.3, 0.4) is 0 Å². The minimum atomic E-state index is -1.94. The molecular formula is C25H28O10. The fourth-order valence-corrected chi connectivity index (χ4v) is 2.97. The first-order valence-electron chi connectivity index (χ1n) is 10.3. The molecule has 0 aliphatic heterocycles. The van der Waals surface area contributed by atoms with E-state index in [1.165, 1.54) is 78.1 Å². The van der Waals surface area contributed by atoms with Crippen molar-refractivity contribution in [1.29, 1.82) is 0 Å². The molecule has 0 unspecified atom stereocenters. The lowest BCUT2D eigenvalue weighted by molar-refractivity contribution is -0.448. The molecule has 0 spiro atoms. The van der Waals surface area contributed by atoms with Crippen molar-refractivity contribution in [2.24, 2.45) is 0 Å². The second-order valence-corrected chi connectivity index (χ2v) is 6.96. The highest BCUT2D eigenvalue weighted by molar-refractivity contribution is 6.11. The lowest BCUT2D eigenvalue weighted by atomic mass is 10.1. The summed E-state index contributed by atoms with van der Waals surface area (Å²) in [6.07, 6.45) is 3.11. The summed E-state index contributed by atoms with van der Waals surface area (Å²) in [5.74, 6) is -0.977. The Morgan fingerprint density at radius 2 is 1.40 bits per heavy atom. The van der Waals surface area contributed by atoms with Crippen LogP contribution in [0.15, 0.2) is 42.5 Å². The predicted molar refractivity (Wildman–Crippen MR) is 126 cm³/mol. The van der Waals surface area contributed by atoms with Crippen molar-refractivity contribution in [3.05, 3.63) is 53.6 Å². The van der Waals surface area contributed by atoms with Gasteiger partial charge in [0, 0.05) is 26.9 Å². The number of ether oxygens (including phenoxy) is 6. The number of phenolic OH excluding ortho intramolecular Hbond substituents is 2. The van der Waals surface area contributed by atoms with Crippen molar-refractivity contribution < 1.29 is 48.2 Å². The average molecular weight is 488 g/mol. The Morgan fingerprint density at radius 1 is 0.800 bits per heavy atom. The second kappa shape index (κ2) is 12.6. The summed E-state index contributed by atoms with van der Waals surface area (Å²) in [4.78, 5) is 24.5. The van der Waals surface area contributed by atoms with Gasteiger partial charge in [-0.25, -0.2) is 0 Å². The highest BCUT2D eigenvalue weighted by Crippen LogP contribution is 2.42. The molecule has 0 saturated carbocycles. The molecule has 0 fully saturated rings. The van der Waals surface area contributed by atoms with E-state index in [1.54, 1.807) is 12.1 Å². The number of aromatic hydroxyl groups is 2. The van der Waals surface area contributed by atoms with E-state index in [4.69, 9.17) is 28.4 Å². The van der Waals surface area contributed by atoms with Crippen molar-refractivity contribution in [2.45, 2.75) is 12.6 Å². The molecule has 0 aliphatic rings. The molecule has 0 bridgehead atoms. The van der Waals surface area contributed by atoms with Crippen molar-refractivity contribution >= 4 is 23.7 Å². The molecule has 0 aliphatic carbocycles. The SMILES string of the molecule is COc1cc(/C=C/C(=O)CC(=O)/C=C/c2ccc(O)c(OC(OC)(OC)OC)c2OC)ccc1O. The number of benzene rings is 2. The smallest absolute Gasteiger partial charge is 0.460 e. The minimum Gasteiger partial charge on any atom is -0.504 e. The second-order valence-electron chi connectivity index (χ2n) is 6.96. The van der Waals surface area contributed by atoms with Crippen LogP contribution in [0.1, 0.15) is 17.5 Å². The Morgan fingerprint density at radius 3 is 1.97 bits per heavy atom. The maximum atomic E-state index is 12.3. The molecule has 0 radical (unpaired) electrons. The van der Waals surface area contributed by atoms with Gasteiger partial charge in [0.05, 0.1) is 20.6 Å². The largest absolute Gasteiger partial charge is 0.504 e. The van der Waals surface area contributed by atoms with E-state index >= 15 is 0 Å². The van der Waals surface area contributed by atoms with Crippen LogP contribution in [0.5, 0.6) is 28.7 Å². The summed E-state index contributed by atoms with van der Waals surface area (Å²) in [6, 6.07) is 7.43. The fraction of sp³-hybridized carbons (Fsp3) is 0.280. The van der Waals surface area contributed by atoms with Crippen molar-refractivity contribution in [3.8, 4) is 28.7 Å². The maximum Gasteiger partial charge on any atom is 0.460 e. The minimum absolute atomic E-state index is 0.0214. The molecule has 2 rings (SSSR count). The van der Waals surface area contributed by atoms with Crippen LogP contribution in [-0.4, -0.2) is 63.5 Å². The molecule has 35 heavy (non-hydrogen) atoms. The number of ketones is 2. The number of carbonyl (C=O) groups is 2. The zero-order valence-electron chi connectivity index (χ0n) is 20.1. The number of phenols is 2. The Kier molecular flexibility index (Phi) is 9.83. The average Bonchev–Trinajstić information content (AvgIpc) is 2.86. The number of rotatable bonds is 13. The van der Waals surface area contributed by atoms with E-state index in [-0.39, 0.29) is 35.2 Å². The molecule has 0 saturated heterocycles. The van der Waals surface area contributed by atoms with Crippen molar-refractivity contribution in [1.82, 2.24) is 0 Å². The molecular weight excluding hydrogens is 460 g/mol. The van der Waals surface area contributed by atoms with Crippen LogP contribution in [0.25, 0.3) is 12.2 Å². The van der Waals surface area contributed by atoms with Gasteiger partial charge in [-0.1, -0.05) is 12.1 Å². The van der Waals surface area contributed by atoms with Crippen LogP contribution in [-0.2, 0) is 23.8 Å². The van der Waals surface area contributed by atoms with E-state index < -0.39 is 17.7 Å². The number of hydrogen-bond donors (Lipinski definition) is 2. The Hall–Kier alpha value is -3.86. The molecule has 2 N–H and O–H groups in total.